The van der Waals surface area contributed by atoms with E-state index in [1.807, 2.05) is 33.8 Å². The van der Waals surface area contributed by atoms with Crippen LogP contribution in [0.1, 0.15) is 40.5 Å². The van der Waals surface area contributed by atoms with Crippen molar-refractivity contribution in [3.05, 3.63) is 12.3 Å². The van der Waals surface area contributed by atoms with E-state index in [2.05, 4.69) is 4.98 Å². The zero-order valence-corrected chi connectivity index (χ0v) is 12.5. The second kappa shape index (κ2) is 4.36. The van der Waals surface area contributed by atoms with Gasteiger partial charge in [-0.2, -0.15) is 0 Å². The van der Waals surface area contributed by atoms with Gasteiger partial charge < -0.3 is 19.8 Å². The molecule has 0 spiro atoms. The largest absolute Gasteiger partial charge is 0.514 e. The highest BCUT2D eigenvalue weighted by Crippen LogP contribution is 2.37. The number of anilines is 1. The van der Waals surface area contributed by atoms with Crippen LogP contribution in [0, 0.1) is 0 Å². The van der Waals surface area contributed by atoms with Crippen molar-refractivity contribution < 1.29 is 14.0 Å². The van der Waals surface area contributed by atoms with Crippen LogP contribution in [0.15, 0.2) is 12.3 Å². The Morgan fingerprint density at radius 3 is 2.40 bits per heavy atom. The third kappa shape index (κ3) is 2.38. The lowest BCUT2D eigenvalue weighted by Gasteiger charge is -2.32. The Labute approximate surface area is 119 Å². The summed E-state index contributed by atoms with van der Waals surface area (Å²) in [5.41, 5.74) is 6.40. The van der Waals surface area contributed by atoms with E-state index in [0.717, 1.165) is 12.8 Å². The Morgan fingerprint density at radius 1 is 1.25 bits per heavy atom. The number of aromatic nitrogens is 1. The van der Waals surface area contributed by atoms with E-state index in [-0.39, 0.29) is 11.2 Å². The molecule has 108 valence electrons. The Morgan fingerprint density at radius 2 is 1.85 bits per heavy atom. The van der Waals surface area contributed by atoms with Crippen LogP contribution in [0.5, 0.6) is 5.75 Å². The van der Waals surface area contributed by atoms with Gasteiger partial charge in [0.2, 0.25) is 0 Å². The van der Waals surface area contributed by atoms with Crippen LogP contribution in [0.25, 0.3) is 0 Å². The average molecular weight is 276 g/mol. The summed E-state index contributed by atoms with van der Waals surface area (Å²) >= 11 is 0. The van der Waals surface area contributed by atoms with E-state index < -0.39 is 7.12 Å². The normalized spacial score (nSPS) is 23.9. The molecular formula is C14H21BN2O3. The number of rotatable bonds is 3. The molecule has 1 aliphatic carbocycles. The van der Waals surface area contributed by atoms with Crippen LogP contribution in [-0.4, -0.2) is 29.4 Å². The molecule has 2 aliphatic rings. The number of pyridine rings is 1. The monoisotopic (exact) mass is 276 g/mol. The fourth-order valence-corrected chi connectivity index (χ4v) is 2.02. The average Bonchev–Trinajstić information content (AvgIpc) is 3.10. The minimum Gasteiger partial charge on any atom is -0.488 e. The maximum atomic E-state index is 5.98. The van der Waals surface area contributed by atoms with E-state index in [9.17, 15) is 0 Å². The first-order chi connectivity index (χ1) is 9.28. The molecule has 0 amide bonds. The number of nitrogens with zero attached hydrogens (tertiary/aromatic N) is 1. The van der Waals surface area contributed by atoms with E-state index in [1.54, 1.807) is 6.20 Å². The predicted octanol–water partition coefficient (Wildman–Crippen LogP) is 1.50. The van der Waals surface area contributed by atoms with Crippen molar-refractivity contribution in [2.75, 3.05) is 5.73 Å². The maximum absolute atomic E-state index is 5.98. The molecule has 3 rings (SSSR count). The lowest BCUT2D eigenvalue weighted by Crippen LogP contribution is -2.41. The van der Waals surface area contributed by atoms with Gasteiger partial charge in [0, 0.05) is 6.07 Å². The summed E-state index contributed by atoms with van der Waals surface area (Å²) in [4.78, 5) is 4.32. The molecule has 20 heavy (non-hydrogen) atoms. The Kier molecular flexibility index (Phi) is 2.99. The second-order valence-corrected chi connectivity index (χ2v) is 6.55. The van der Waals surface area contributed by atoms with Gasteiger partial charge in [-0.25, -0.2) is 0 Å². The highest BCUT2D eigenvalue weighted by molar-refractivity contribution is 6.61. The van der Waals surface area contributed by atoms with Crippen LogP contribution in [0.3, 0.4) is 0 Å². The number of ether oxygens (including phenoxy) is 1. The lowest BCUT2D eigenvalue weighted by atomic mass is 9.84. The van der Waals surface area contributed by atoms with Crippen LogP contribution >= 0.6 is 0 Å². The van der Waals surface area contributed by atoms with Crippen molar-refractivity contribution in [2.24, 2.45) is 0 Å². The molecule has 1 saturated heterocycles. The van der Waals surface area contributed by atoms with Crippen molar-refractivity contribution in [1.29, 1.82) is 0 Å². The summed E-state index contributed by atoms with van der Waals surface area (Å²) in [6.07, 6.45) is 4.09. The summed E-state index contributed by atoms with van der Waals surface area (Å²) in [5, 5.41) is 0. The highest BCUT2D eigenvalue weighted by Gasteiger charge is 2.52. The summed E-state index contributed by atoms with van der Waals surface area (Å²) in [5.74, 6) is 0.673. The van der Waals surface area contributed by atoms with Crippen LogP contribution in [0.4, 0.5) is 5.69 Å². The minimum absolute atomic E-state index is 0.297. The van der Waals surface area contributed by atoms with E-state index >= 15 is 0 Å². The van der Waals surface area contributed by atoms with E-state index in [1.165, 1.54) is 0 Å². The van der Waals surface area contributed by atoms with Gasteiger partial charge in [0.1, 0.15) is 5.75 Å². The van der Waals surface area contributed by atoms with Crippen LogP contribution in [-0.2, 0) is 9.31 Å². The fourth-order valence-electron chi connectivity index (χ4n) is 2.02. The quantitative estimate of drug-likeness (QED) is 0.847. The van der Waals surface area contributed by atoms with Gasteiger partial charge in [-0.15, -0.1) is 0 Å². The van der Waals surface area contributed by atoms with Crippen LogP contribution < -0.4 is 16.1 Å². The number of nitrogens with two attached hydrogens (primary N) is 1. The molecule has 0 unspecified atom stereocenters. The van der Waals surface area contributed by atoms with Crippen molar-refractivity contribution in [3.63, 3.8) is 0 Å². The number of hydrogen-bond acceptors (Lipinski definition) is 5. The van der Waals surface area contributed by atoms with Gasteiger partial charge >= 0.3 is 7.12 Å². The number of nitrogen functional groups attached to an aromatic ring is 1. The molecule has 0 atom stereocenters. The molecule has 2 fully saturated rings. The molecule has 0 aromatic carbocycles. The van der Waals surface area contributed by atoms with Gasteiger partial charge in [-0.3, -0.25) is 4.98 Å². The summed E-state index contributed by atoms with van der Waals surface area (Å²) in [6.45, 7) is 8.08. The Balaban J connectivity index is 1.84. The molecule has 1 saturated carbocycles. The minimum atomic E-state index is -0.484. The summed E-state index contributed by atoms with van der Waals surface area (Å²) in [6, 6.07) is 1.83. The van der Waals surface area contributed by atoms with E-state index in [0.29, 0.717) is 23.1 Å². The lowest BCUT2D eigenvalue weighted by molar-refractivity contribution is 0.00578. The standard InChI is InChI=1S/C14H21BN2O3/c1-13(2)14(3,4)20-15(19-13)12-7-11(10(16)8-17-12)18-9-5-6-9/h7-9H,5-6,16H2,1-4H3. The second-order valence-electron chi connectivity index (χ2n) is 6.55. The van der Waals surface area contributed by atoms with Gasteiger partial charge in [0.15, 0.2) is 0 Å². The van der Waals surface area contributed by atoms with Crippen molar-refractivity contribution in [1.82, 2.24) is 4.98 Å². The van der Waals surface area contributed by atoms with E-state index in [4.69, 9.17) is 19.8 Å². The topological polar surface area (TPSA) is 66.6 Å². The van der Waals surface area contributed by atoms with Gasteiger partial charge in [-0.1, -0.05) is 0 Å². The van der Waals surface area contributed by atoms with Crippen molar-refractivity contribution in [3.8, 4) is 5.75 Å². The molecule has 5 nitrogen and oxygen atoms in total. The maximum Gasteiger partial charge on any atom is 0.514 e. The Hall–Kier alpha value is -1.27. The molecule has 2 N–H and O–H groups in total. The molecule has 0 bridgehead atoms. The first kappa shape index (κ1) is 13.7. The smallest absolute Gasteiger partial charge is 0.488 e. The summed E-state index contributed by atoms with van der Waals surface area (Å²) in [7, 11) is -0.484. The summed E-state index contributed by atoms with van der Waals surface area (Å²) < 4.78 is 17.8. The van der Waals surface area contributed by atoms with Crippen molar-refractivity contribution in [2.45, 2.75) is 57.8 Å². The van der Waals surface area contributed by atoms with Gasteiger partial charge in [0.25, 0.3) is 0 Å². The zero-order chi connectivity index (χ0) is 14.5. The van der Waals surface area contributed by atoms with Gasteiger partial charge in [-0.05, 0) is 40.5 Å². The van der Waals surface area contributed by atoms with Gasteiger partial charge in [0.05, 0.1) is 34.8 Å². The number of hydrogen-bond donors (Lipinski definition) is 1. The molecule has 6 heteroatoms. The molecule has 1 aromatic rings. The van der Waals surface area contributed by atoms with Crippen LogP contribution in [0.2, 0.25) is 0 Å². The SMILES string of the molecule is CC1(C)OB(c2cc(OC3CC3)c(N)cn2)OC1(C)C. The third-order valence-electron chi connectivity index (χ3n) is 4.23. The zero-order valence-electron chi connectivity index (χ0n) is 12.5. The molecule has 1 aromatic heterocycles. The van der Waals surface area contributed by atoms with Crippen molar-refractivity contribution >= 4 is 18.4 Å². The third-order valence-corrected chi connectivity index (χ3v) is 4.23. The Bertz CT molecular complexity index is 513. The molecule has 2 heterocycles. The molecular weight excluding hydrogens is 255 g/mol. The molecule has 1 aliphatic heterocycles. The first-order valence-corrected chi connectivity index (χ1v) is 7.06. The predicted molar refractivity (Wildman–Crippen MR) is 78.0 cm³/mol. The molecule has 0 radical (unpaired) electrons. The fraction of sp³-hybridized carbons (Fsp3) is 0.643. The highest BCUT2D eigenvalue weighted by atomic mass is 16.7. The first-order valence-electron chi connectivity index (χ1n) is 7.06.